The predicted octanol–water partition coefficient (Wildman–Crippen LogP) is 4.75. The smallest absolute Gasteiger partial charge is 0.337 e. The molecule has 0 N–H and O–H groups in total. The molecule has 0 atom stereocenters. The van der Waals surface area contributed by atoms with Crippen molar-refractivity contribution in [2.45, 2.75) is 6.92 Å². The number of hydrogen-bond acceptors (Lipinski definition) is 7. The van der Waals surface area contributed by atoms with Gasteiger partial charge in [-0.1, -0.05) is 29.8 Å². The number of carbonyl (C=O) groups is 2. The first-order valence-corrected chi connectivity index (χ1v) is 10.2. The van der Waals surface area contributed by atoms with Gasteiger partial charge < -0.3 is 9.47 Å². The van der Waals surface area contributed by atoms with Crippen LogP contribution in [0.2, 0.25) is 0 Å². The van der Waals surface area contributed by atoms with Gasteiger partial charge in [0.1, 0.15) is 0 Å². The minimum atomic E-state index is -0.457. The van der Waals surface area contributed by atoms with E-state index in [-0.39, 0.29) is 0 Å². The molecule has 3 aromatic heterocycles. The standard InChI is InChI=1S/C26H21N3O4/c1-16-4-6-17(7-5-16)20-14-23(21-12-18(8-10-27-21)25(30)32-2)29-24(15-20)22-13-19(9-11-28-22)26(31)33-3/h4-15H,1-3H3. The first-order chi connectivity index (χ1) is 16.0. The van der Waals surface area contributed by atoms with Gasteiger partial charge in [-0.25, -0.2) is 14.6 Å². The highest BCUT2D eigenvalue weighted by molar-refractivity contribution is 5.91. The van der Waals surface area contributed by atoms with E-state index in [0.717, 1.165) is 16.7 Å². The van der Waals surface area contributed by atoms with E-state index in [4.69, 9.17) is 14.5 Å². The van der Waals surface area contributed by atoms with Crippen molar-refractivity contribution in [2.24, 2.45) is 0 Å². The predicted molar refractivity (Wildman–Crippen MR) is 124 cm³/mol. The lowest BCUT2D eigenvalue weighted by Crippen LogP contribution is -2.03. The molecule has 4 aromatic rings. The lowest BCUT2D eigenvalue weighted by Gasteiger charge is -2.11. The Labute approximate surface area is 191 Å². The molecule has 0 saturated heterocycles. The summed E-state index contributed by atoms with van der Waals surface area (Å²) in [6.07, 6.45) is 3.08. The van der Waals surface area contributed by atoms with Crippen LogP contribution in [0.3, 0.4) is 0 Å². The molecule has 3 heterocycles. The molecule has 0 aliphatic heterocycles. The van der Waals surface area contributed by atoms with Crippen molar-refractivity contribution in [3.63, 3.8) is 0 Å². The van der Waals surface area contributed by atoms with Crippen LogP contribution < -0.4 is 0 Å². The molecule has 0 aliphatic rings. The maximum atomic E-state index is 12.0. The van der Waals surface area contributed by atoms with Gasteiger partial charge in [-0.05, 0) is 54.4 Å². The number of rotatable bonds is 5. The van der Waals surface area contributed by atoms with Gasteiger partial charge in [0, 0.05) is 12.4 Å². The highest BCUT2D eigenvalue weighted by Crippen LogP contribution is 2.29. The van der Waals surface area contributed by atoms with Gasteiger partial charge in [0.05, 0.1) is 48.1 Å². The van der Waals surface area contributed by atoms with E-state index >= 15 is 0 Å². The zero-order chi connectivity index (χ0) is 23.4. The molecule has 164 valence electrons. The molecule has 4 rings (SSSR count). The van der Waals surface area contributed by atoms with Crippen LogP contribution >= 0.6 is 0 Å². The normalized spacial score (nSPS) is 10.5. The summed E-state index contributed by atoms with van der Waals surface area (Å²) in [6.45, 7) is 2.03. The van der Waals surface area contributed by atoms with E-state index in [1.165, 1.54) is 26.6 Å². The highest BCUT2D eigenvalue weighted by atomic mass is 16.5. The molecule has 0 radical (unpaired) electrons. The zero-order valence-corrected chi connectivity index (χ0v) is 18.4. The Morgan fingerprint density at radius 2 is 1.12 bits per heavy atom. The minimum Gasteiger partial charge on any atom is -0.465 e. The molecule has 33 heavy (non-hydrogen) atoms. The number of ether oxygens (including phenoxy) is 2. The lowest BCUT2D eigenvalue weighted by molar-refractivity contribution is 0.0592. The van der Waals surface area contributed by atoms with Gasteiger partial charge in [0.25, 0.3) is 0 Å². The number of methoxy groups -OCH3 is 2. The number of carbonyl (C=O) groups excluding carboxylic acids is 2. The van der Waals surface area contributed by atoms with Crippen LogP contribution in [0, 0.1) is 6.92 Å². The molecule has 0 bridgehead atoms. The fourth-order valence-corrected chi connectivity index (χ4v) is 3.34. The average Bonchev–Trinajstić information content (AvgIpc) is 2.88. The number of nitrogens with zero attached hydrogens (tertiary/aromatic N) is 3. The summed E-state index contributed by atoms with van der Waals surface area (Å²) in [6, 6.07) is 18.4. The van der Waals surface area contributed by atoms with E-state index < -0.39 is 11.9 Å². The molecule has 1 aromatic carbocycles. The molecule has 0 fully saturated rings. The maximum Gasteiger partial charge on any atom is 0.337 e. The van der Waals surface area contributed by atoms with Crippen LogP contribution in [0.5, 0.6) is 0 Å². The molecule has 0 saturated carbocycles. The molecular weight excluding hydrogens is 418 g/mol. The Kier molecular flexibility index (Phi) is 6.22. The first kappa shape index (κ1) is 21.8. The number of hydrogen-bond donors (Lipinski definition) is 0. The number of pyridine rings is 3. The SMILES string of the molecule is COC(=O)c1ccnc(-c2cc(-c3ccc(C)cc3)cc(-c3cc(C(=O)OC)ccn3)n2)c1. The minimum absolute atomic E-state index is 0.373. The third kappa shape index (κ3) is 4.77. The van der Waals surface area contributed by atoms with Crippen LogP contribution in [0.15, 0.2) is 73.1 Å². The van der Waals surface area contributed by atoms with Crippen molar-refractivity contribution >= 4 is 11.9 Å². The monoisotopic (exact) mass is 439 g/mol. The first-order valence-electron chi connectivity index (χ1n) is 10.2. The van der Waals surface area contributed by atoms with E-state index in [9.17, 15) is 9.59 Å². The second kappa shape index (κ2) is 9.40. The molecule has 0 spiro atoms. The Balaban J connectivity index is 1.89. The Morgan fingerprint density at radius 1 is 0.636 bits per heavy atom. The van der Waals surface area contributed by atoms with Crippen LogP contribution in [-0.2, 0) is 9.47 Å². The molecular formula is C26H21N3O4. The number of aryl methyl sites for hydroxylation is 1. The summed E-state index contributed by atoms with van der Waals surface area (Å²) in [4.78, 5) is 37.6. The Bertz CT molecular complexity index is 1260. The van der Waals surface area contributed by atoms with Gasteiger partial charge in [-0.15, -0.1) is 0 Å². The molecule has 7 nitrogen and oxygen atoms in total. The molecule has 7 heteroatoms. The number of aromatic nitrogens is 3. The fourth-order valence-electron chi connectivity index (χ4n) is 3.34. The summed E-state index contributed by atoms with van der Waals surface area (Å²) in [5.41, 5.74) is 5.90. The largest absolute Gasteiger partial charge is 0.465 e. The van der Waals surface area contributed by atoms with E-state index in [0.29, 0.717) is 33.9 Å². The summed E-state index contributed by atoms with van der Waals surface area (Å²) in [5.74, 6) is -0.915. The van der Waals surface area contributed by atoms with Crippen molar-refractivity contribution in [1.29, 1.82) is 0 Å². The Morgan fingerprint density at radius 3 is 1.58 bits per heavy atom. The number of benzene rings is 1. The van der Waals surface area contributed by atoms with Crippen LogP contribution in [0.4, 0.5) is 0 Å². The van der Waals surface area contributed by atoms with Crippen LogP contribution in [-0.4, -0.2) is 41.1 Å². The topological polar surface area (TPSA) is 91.3 Å². The van der Waals surface area contributed by atoms with Crippen LogP contribution in [0.25, 0.3) is 33.9 Å². The average molecular weight is 439 g/mol. The van der Waals surface area contributed by atoms with E-state index in [1.54, 1.807) is 24.3 Å². The fraction of sp³-hybridized carbons (Fsp3) is 0.115. The summed E-state index contributed by atoms with van der Waals surface area (Å²) in [5, 5.41) is 0. The zero-order valence-electron chi connectivity index (χ0n) is 18.4. The van der Waals surface area contributed by atoms with Crippen molar-refractivity contribution in [1.82, 2.24) is 15.0 Å². The maximum absolute atomic E-state index is 12.0. The summed E-state index contributed by atoms with van der Waals surface area (Å²) < 4.78 is 9.66. The second-order valence-electron chi connectivity index (χ2n) is 7.34. The quantitative estimate of drug-likeness (QED) is 0.414. The lowest BCUT2D eigenvalue weighted by atomic mass is 10.0. The molecule has 0 amide bonds. The summed E-state index contributed by atoms with van der Waals surface area (Å²) >= 11 is 0. The van der Waals surface area contributed by atoms with Crippen molar-refractivity contribution in [3.8, 4) is 33.9 Å². The van der Waals surface area contributed by atoms with Gasteiger partial charge in [-0.2, -0.15) is 0 Å². The van der Waals surface area contributed by atoms with E-state index in [2.05, 4.69) is 9.97 Å². The van der Waals surface area contributed by atoms with Crippen LogP contribution in [0.1, 0.15) is 26.3 Å². The van der Waals surface area contributed by atoms with Gasteiger partial charge in [-0.3, -0.25) is 9.97 Å². The number of esters is 2. The van der Waals surface area contributed by atoms with Gasteiger partial charge in [0.15, 0.2) is 0 Å². The Hall–Kier alpha value is -4.39. The second-order valence-corrected chi connectivity index (χ2v) is 7.34. The van der Waals surface area contributed by atoms with Crippen molar-refractivity contribution < 1.29 is 19.1 Å². The highest BCUT2D eigenvalue weighted by Gasteiger charge is 2.14. The third-order valence-corrected chi connectivity index (χ3v) is 5.10. The summed E-state index contributed by atoms with van der Waals surface area (Å²) in [7, 11) is 2.66. The van der Waals surface area contributed by atoms with Gasteiger partial charge in [0.2, 0.25) is 0 Å². The van der Waals surface area contributed by atoms with E-state index in [1.807, 2.05) is 43.3 Å². The van der Waals surface area contributed by atoms with Gasteiger partial charge >= 0.3 is 11.9 Å². The third-order valence-electron chi connectivity index (χ3n) is 5.10. The molecule has 0 unspecified atom stereocenters. The molecule has 0 aliphatic carbocycles. The van der Waals surface area contributed by atoms with Crippen molar-refractivity contribution in [2.75, 3.05) is 14.2 Å². The van der Waals surface area contributed by atoms with Crippen molar-refractivity contribution in [3.05, 3.63) is 89.7 Å².